The summed E-state index contributed by atoms with van der Waals surface area (Å²) in [5.74, 6) is -0.865. The Morgan fingerprint density at radius 3 is 1.97 bits per heavy atom. The van der Waals surface area contributed by atoms with E-state index < -0.39 is 103 Å². The topological polar surface area (TPSA) is 50.9 Å². The number of nitrogens with zero attached hydrogens (tertiary/aromatic N) is 3. The maximum atomic E-state index is 12.4. The van der Waals surface area contributed by atoms with Crippen molar-refractivity contribution in [2.75, 3.05) is 0 Å². The van der Waals surface area contributed by atoms with Crippen LogP contribution < -0.4 is 0 Å². The van der Waals surface area contributed by atoms with E-state index in [0.717, 1.165) is 22.3 Å². The van der Waals surface area contributed by atoms with Crippen LogP contribution in [0.3, 0.4) is 0 Å². The van der Waals surface area contributed by atoms with Gasteiger partial charge in [0.1, 0.15) is 11.6 Å². The molecule has 0 amide bonds. The highest BCUT2D eigenvalue weighted by molar-refractivity contribution is 5.97. The van der Waals surface area contributed by atoms with Gasteiger partial charge in [-0.2, -0.15) is 0 Å². The van der Waals surface area contributed by atoms with Crippen LogP contribution in [0.15, 0.2) is 127 Å². The zero-order valence-corrected chi connectivity index (χ0v) is 40.1. The van der Waals surface area contributed by atoms with Gasteiger partial charge in [0, 0.05) is 35.1 Å². The standard InChI is InChI=1S/C63H71N3O/c1-37(2)45-28-46(38(3)4)30-48(29-45)43-21-24-57(41(9)27-43)66-58-18-16-17-53(59(58)65-61(66)55-35-47(39(5)6)34-54(40(7)8)60(55)67)49-31-50(33-52(32-49)63(13,14)15)56-36-44(25-26-64-56)42-19-22-51(23-20-42)62(10,11)12/h16-40,67H,1-15H3/i9D3,10D3,11D3,12D3,19D,20D,22D,23D,25D,26D,36D,37D. The summed E-state index contributed by atoms with van der Waals surface area (Å²) in [6.45, 7) is 6.91. The molecule has 4 heteroatoms. The molecule has 6 aromatic carbocycles. The van der Waals surface area contributed by atoms with E-state index in [9.17, 15) is 9.22 Å². The van der Waals surface area contributed by atoms with Gasteiger partial charge < -0.3 is 5.11 Å². The molecule has 0 unspecified atom stereocenters. The second kappa shape index (κ2) is 18.1. The number of aromatic hydroxyl groups is 1. The molecular formula is C63H71N3O. The van der Waals surface area contributed by atoms with Crippen LogP contribution in [0.1, 0.15) is 187 Å². The van der Waals surface area contributed by atoms with E-state index in [-0.39, 0.29) is 51.8 Å². The number of para-hydroxylation sites is 1. The summed E-state index contributed by atoms with van der Waals surface area (Å²) >= 11 is 0. The van der Waals surface area contributed by atoms with Gasteiger partial charge in [-0.25, -0.2) is 4.98 Å². The number of pyridine rings is 1. The van der Waals surface area contributed by atoms with Gasteiger partial charge in [0.15, 0.2) is 0 Å². The van der Waals surface area contributed by atoms with E-state index in [1.165, 1.54) is 0 Å². The van der Waals surface area contributed by atoms with Crippen LogP contribution in [0.2, 0.25) is 0 Å². The number of hydrogen-bond acceptors (Lipinski definition) is 3. The molecule has 0 fully saturated rings. The Hall–Kier alpha value is -6.26. The quantitative estimate of drug-likeness (QED) is 0.149. The number of imidazole rings is 1. The Morgan fingerprint density at radius 1 is 0.612 bits per heavy atom. The molecule has 4 nitrogen and oxygen atoms in total. The summed E-state index contributed by atoms with van der Waals surface area (Å²) < 4.78 is 177. The van der Waals surface area contributed by atoms with Gasteiger partial charge in [-0.15, -0.1) is 0 Å². The number of benzene rings is 6. The first-order valence-corrected chi connectivity index (χ1v) is 22.7. The molecule has 344 valence electrons. The zero-order valence-electron chi connectivity index (χ0n) is 60.1. The van der Waals surface area contributed by atoms with Gasteiger partial charge in [0.05, 0.1) is 37.6 Å². The van der Waals surface area contributed by atoms with Crippen molar-refractivity contribution in [1.29, 1.82) is 0 Å². The number of fused-ring (bicyclic) bond motifs is 1. The fourth-order valence-corrected chi connectivity index (χ4v) is 8.29. The van der Waals surface area contributed by atoms with E-state index in [1.54, 1.807) is 60.9 Å². The summed E-state index contributed by atoms with van der Waals surface area (Å²) in [4.78, 5) is 9.77. The molecule has 0 atom stereocenters. The van der Waals surface area contributed by atoms with Gasteiger partial charge in [0.2, 0.25) is 0 Å². The predicted molar refractivity (Wildman–Crippen MR) is 286 cm³/mol. The van der Waals surface area contributed by atoms with Crippen molar-refractivity contribution >= 4 is 11.0 Å². The lowest BCUT2D eigenvalue weighted by atomic mass is 9.83. The Labute approximate surface area is 429 Å². The van der Waals surface area contributed by atoms with Crippen molar-refractivity contribution in [3.63, 3.8) is 0 Å². The average molecular weight is 906 g/mol. The van der Waals surface area contributed by atoms with Gasteiger partial charge >= 0.3 is 0 Å². The fraction of sp³-hybridized carbons (Fsp3) is 0.333. The molecule has 0 aliphatic carbocycles. The normalized spacial score (nSPS) is 17.6. The van der Waals surface area contributed by atoms with Crippen LogP contribution in [0.5, 0.6) is 5.75 Å². The van der Waals surface area contributed by atoms with Gasteiger partial charge in [-0.05, 0) is 157 Å². The Bertz CT molecular complexity index is 3970. The minimum Gasteiger partial charge on any atom is -0.507 e. The van der Waals surface area contributed by atoms with Crippen LogP contribution in [-0.4, -0.2) is 19.6 Å². The highest BCUT2D eigenvalue weighted by Crippen LogP contribution is 2.44. The minimum absolute atomic E-state index is 0.0119. The third kappa shape index (κ3) is 9.51. The third-order valence-electron chi connectivity index (χ3n) is 12.4. The third-order valence-corrected chi connectivity index (χ3v) is 12.4. The van der Waals surface area contributed by atoms with E-state index >= 15 is 0 Å². The molecule has 67 heavy (non-hydrogen) atoms. The van der Waals surface area contributed by atoms with Crippen LogP contribution in [-0.2, 0) is 10.8 Å². The number of rotatable bonds is 10. The van der Waals surface area contributed by atoms with E-state index in [1.807, 2.05) is 90.9 Å². The molecule has 2 aromatic heterocycles. The molecule has 0 bridgehead atoms. The van der Waals surface area contributed by atoms with Crippen molar-refractivity contribution < 1.29 is 32.5 Å². The van der Waals surface area contributed by atoms with Crippen molar-refractivity contribution in [2.24, 2.45) is 0 Å². The zero-order chi connectivity index (χ0) is 65.3. The first kappa shape index (κ1) is 28.2. The van der Waals surface area contributed by atoms with Crippen molar-refractivity contribution in [3.05, 3.63) is 166 Å². The summed E-state index contributed by atoms with van der Waals surface area (Å²) in [6.07, 6.45) is -0.777. The number of phenolic OH excluding ortho intramolecular Hbond substituents is 1. The lowest BCUT2D eigenvalue weighted by Gasteiger charge is -2.22. The molecule has 0 saturated heterocycles. The van der Waals surface area contributed by atoms with Crippen molar-refractivity contribution in [3.8, 4) is 67.5 Å². The number of phenols is 1. The first-order chi connectivity index (χ1) is 39.8. The predicted octanol–water partition coefficient (Wildman–Crippen LogP) is 17.9. The van der Waals surface area contributed by atoms with E-state index in [2.05, 4.69) is 18.8 Å². The highest BCUT2D eigenvalue weighted by atomic mass is 16.3. The minimum atomic E-state index is -3.95. The van der Waals surface area contributed by atoms with E-state index in [0.29, 0.717) is 44.4 Å². The van der Waals surface area contributed by atoms with Crippen LogP contribution in [0, 0.1) is 6.85 Å². The van der Waals surface area contributed by atoms with Gasteiger partial charge in [-0.1, -0.05) is 169 Å². The molecule has 1 N–H and O–H groups in total. The molecule has 0 spiro atoms. The number of aromatic nitrogens is 3. The molecule has 8 aromatic rings. The maximum Gasteiger partial charge on any atom is 0.149 e. The van der Waals surface area contributed by atoms with Crippen LogP contribution >= 0.6 is 0 Å². The Morgan fingerprint density at radius 2 is 1.31 bits per heavy atom. The summed E-state index contributed by atoms with van der Waals surface area (Å²) in [6, 6.07) is 19.1. The fourth-order valence-electron chi connectivity index (χ4n) is 8.29. The van der Waals surface area contributed by atoms with Crippen molar-refractivity contribution in [2.45, 2.75) is 138 Å². The maximum absolute atomic E-state index is 12.4. The highest BCUT2D eigenvalue weighted by Gasteiger charge is 2.26. The molecule has 0 radical (unpaired) electrons. The smallest absolute Gasteiger partial charge is 0.149 e. The lowest BCUT2D eigenvalue weighted by molar-refractivity contribution is 0.466. The molecule has 2 heterocycles. The molecule has 8 rings (SSSR count). The average Bonchev–Trinajstić information content (AvgIpc) is 0.907. The number of aryl methyl sites for hydroxylation is 1. The van der Waals surface area contributed by atoms with Crippen molar-refractivity contribution in [1.82, 2.24) is 14.5 Å². The summed E-state index contributed by atoms with van der Waals surface area (Å²) in [7, 11) is 0. The summed E-state index contributed by atoms with van der Waals surface area (Å²) in [5.41, 5.74) is 0.00735. The van der Waals surface area contributed by atoms with Gasteiger partial charge in [-0.3, -0.25) is 9.55 Å². The summed E-state index contributed by atoms with van der Waals surface area (Å²) in [5, 5.41) is 12.4. The Kier molecular flexibility index (Phi) is 7.60. The molecule has 0 aliphatic heterocycles. The monoisotopic (exact) mass is 906 g/mol. The largest absolute Gasteiger partial charge is 0.507 e. The second-order valence-electron chi connectivity index (χ2n) is 19.7. The second-order valence-corrected chi connectivity index (χ2v) is 19.7. The molecular weight excluding hydrogens is 815 g/mol. The molecule has 0 saturated carbocycles. The Balaban J connectivity index is 1.46. The SMILES string of the molecule is [2H]c1nc(-c2cc(-c3cccc4c3nc(-c3cc(C(C)C)cc(C(C)C)c3O)n4-c3ccc(-c4cc(C(C)C)cc(C([2H])(C)C)c4)cc3C([2H])([2H])[2H])cc(C(C)(C)C)c2)c([2H])c(-c2c([2H])c([2H])c(C(C([2H])([2H])[2H])(C([2H])([2H])[2H])C([2H])([2H])[2H])c([2H])c2[2H])c1[2H]. The first-order valence-electron chi connectivity index (χ1n) is 32.7. The molecule has 0 aliphatic rings. The van der Waals surface area contributed by atoms with Crippen LogP contribution in [0.25, 0.3) is 72.7 Å². The van der Waals surface area contributed by atoms with Gasteiger partial charge in [0.25, 0.3) is 0 Å². The van der Waals surface area contributed by atoms with Crippen LogP contribution in [0.4, 0.5) is 0 Å². The van der Waals surface area contributed by atoms with E-state index in [4.69, 9.17) is 28.3 Å². The number of hydrogen-bond donors (Lipinski definition) is 1. The lowest BCUT2D eigenvalue weighted by Crippen LogP contribution is -2.11.